The lowest BCUT2D eigenvalue weighted by Gasteiger charge is -2.36. The maximum atomic E-state index is 13.7. The van der Waals surface area contributed by atoms with Crippen LogP contribution in [-0.4, -0.2) is 21.5 Å². The van der Waals surface area contributed by atoms with E-state index in [1.807, 2.05) is 0 Å². The summed E-state index contributed by atoms with van der Waals surface area (Å²) in [5.74, 6) is 0. The highest BCUT2D eigenvalue weighted by atomic mass is 28.4. The predicted octanol–water partition coefficient (Wildman–Crippen LogP) is 5.80. The highest BCUT2D eigenvalue weighted by molar-refractivity contribution is 6.74. The summed E-state index contributed by atoms with van der Waals surface area (Å²) in [7, 11) is -0.718. The van der Waals surface area contributed by atoms with Gasteiger partial charge in [0, 0.05) is 12.0 Å². The van der Waals surface area contributed by atoms with Gasteiger partial charge < -0.3 is 9.16 Å². The van der Waals surface area contributed by atoms with Crippen LogP contribution in [-0.2, 0) is 15.8 Å². The molecule has 0 N–H and O–H groups in total. The topological polar surface area (TPSA) is 67.2 Å². The van der Waals surface area contributed by atoms with Crippen molar-refractivity contribution in [3.63, 3.8) is 0 Å². The van der Waals surface area contributed by atoms with Crippen LogP contribution >= 0.6 is 0 Å². The summed E-state index contributed by atoms with van der Waals surface area (Å²) in [6.07, 6.45) is -1.62. The Bertz CT molecular complexity index is 594. The molecule has 1 atom stereocenters. The first-order chi connectivity index (χ1) is 10.9. The van der Waals surface area contributed by atoms with Crippen molar-refractivity contribution in [3.05, 3.63) is 45.8 Å². The third kappa shape index (κ3) is 5.01. The normalized spacial score (nSPS) is 14.2. The molecule has 0 aliphatic rings. The fourth-order valence-corrected chi connectivity index (χ4v) is 2.82. The lowest BCUT2D eigenvalue weighted by Crippen LogP contribution is -2.40. The van der Waals surface area contributed by atoms with Gasteiger partial charge in [-0.3, -0.25) is 0 Å². The average Bonchev–Trinajstić information content (AvgIpc) is 2.45. The summed E-state index contributed by atoms with van der Waals surface area (Å²) in [6, 6.07) is 2.88. The second-order valence-corrected chi connectivity index (χ2v) is 12.0. The van der Waals surface area contributed by atoms with Crippen LogP contribution in [0.5, 0.6) is 0 Å². The number of hydrogen-bond donors (Lipinski definition) is 0. The number of nitrogens with zero attached hydrogens (tertiary/aromatic N) is 3. The quantitative estimate of drug-likeness (QED) is 0.203. The first-order valence-electron chi connectivity index (χ1n) is 7.64. The van der Waals surface area contributed by atoms with Gasteiger partial charge in [0.2, 0.25) is 0 Å². The van der Waals surface area contributed by atoms with Gasteiger partial charge in [-0.25, -0.2) is 0 Å². The Labute approximate surface area is 142 Å². The third-order valence-electron chi connectivity index (χ3n) is 4.42. The summed E-state index contributed by atoms with van der Waals surface area (Å²) in [5, 5.41) is 2.63. The first kappa shape index (κ1) is 20.6. The fourth-order valence-electron chi connectivity index (χ4n) is 1.86. The average molecular weight is 357 g/mol. The SMILES string of the molecule is COC(c1ccc(CO[Si](C)(C)C(C)(C)C)cc1)C(F)(F)N=[N+]=[N-]. The number of rotatable bonds is 7. The molecule has 0 bridgehead atoms. The van der Waals surface area contributed by atoms with Crippen LogP contribution in [0.15, 0.2) is 29.4 Å². The van der Waals surface area contributed by atoms with Gasteiger partial charge in [-0.05, 0) is 39.9 Å². The van der Waals surface area contributed by atoms with Crippen molar-refractivity contribution >= 4 is 8.32 Å². The molecular weight excluding hydrogens is 332 g/mol. The second kappa shape index (κ2) is 7.61. The summed E-state index contributed by atoms with van der Waals surface area (Å²) in [6.45, 7) is 11.2. The molecule has 0 saturated carbocycles. The van der Waals surface area contributed by atoms with Crippen molar-refractivity contribution in [2.24, 2.45) is 5.11 Å². The number of benzene rings is 1. The van der Waals surface area contributed by atoms with Gasteiger partial charge >= 0.3 is 6.05 Å². The van der Waals surface area contributed by atoms with E-state index in [2.05, 4.69) is 43.9 Å². The Balaban J connectivity index is 2.88. The zero-order chi connectivity index (χ0) is 18.6. The van der Waals surface area contributed by atoms with Crippen molar-refractivity contribution in [1.29, 1.82) is 0 Å². The van der Waals surface area contributed by atoms with Crippen LogP contribution in [0.25, 0.3) is 10.4 Å². The number of alkyl halides is 2. The molecule has 0 aliphatic heterocycles. The number of ether oxygens (including phenoxy) is 1. The molecule has 0 spiro atoms. The minimum atomic E-state index is -3.65. The van der Waals surface area contributed by atoms with E-state index < -0.39 is 20.5 Å². The molecule has 0 fully saturated rings. The molecular formula is C16H25F2N3O2Si. The van der Waals surface area contributed by atoms with Gasteiger partial charge in [0.05, 0.1) is 6.61 Å². The van der Waals surface area contributed by atoms with Crippen molar-refractivity contribution in [1.82, 2.24) is 0 Å². The van der Waals surface area contributed by atoms with Crippen molar-refractivity contribution in [2.75, 3.05) is 7.11 Å². The van der Waals surface area contributed by atoms with Crippen molar-refractivity contribution in [2.45, 2.75) is 57.7 Å². The second-order valence-electron chi connectivity index (χ2n) is 7.18. The lowest BCUT2D eigenvalue weighted by atomic mass is 10.1. The highest BCUT2D eigenvalue weighted by Gasteiger charge is 2.40. The molecule has 0 radical (unpaired) electrons. The number of methoxy groups -OCH3 is 1. The molecule has 8 heteroatoms. The summed E-state index contributed by atoms with van der Waals surface area (Å²) < 4.78 is 38.4. The van der Waals surface area contributed by atoms with Crippen LogP contribution in [0.2, 0.25) is 18.1 Å². The standard InChI is InChI=1S/C16H25F2N3O2Si/c1-15(2,3)24(5,6)23-11-12-7-9-13(10-8-12)14(22-4)16(17,18)20-21-19/h7-10,14H,11H2,1-6H3. The van der Waals surface area contributed by atoms with E-state index in [0.717, 1.165) is 12.7 Å². The Hall–Kier alpha value is -1.47. The van der Waals surface area contributed by atoms with Gasteiger partial charge in [-0.2, -0.15) is 8.78 Å². The highest BCUT2D eigenvalue weighted by Crippen LogP contribution is 2.38. The van der Waals surface area contributed by atoms with E-state index in [9.17, 15) is 8.78 Å². The molecule has 5 nitrogen and oxygen atoms in total. The smallest absolute Gasteiger partial charge is 0.355 e. The largest absolute Gasteiger partial charge is 0.413 e. The fraction of sp³-hybridized carbons (Fsp3) is 0.625. The van der Waals surface area contributed by atoms with Crippen LogP contribution in [0.3, 0.4) is 0 Å². The van der Waals surface area contributed by atoms with Gasteiger partial charge in [0.15, 0.2) is 14.4 Å². The Morgan fingerprint density at radius 1 is 1.21 bits per heavy atom. The summed E-state index contributed by atoms with van der Waals surface area (Å²) in [4.78, 5) is 2.18. The zero-order valence-corrected chi connectivity index (χ0v) is 16.0. The van der Waals surface area contributed by atoms with Crippen LogP contribution < -0.4 is 0 Å². The van der Waals surface area contributed by atoms with E-state index in [4.69, 9.17) is 14.7 Å². The Kier molecular flexibility index (Phi) is 6.52. The number of halogens is 2. The van der Waals surface area contributed by atoms with Crippen molar-refractivity contribution < 1.29 is 17.9 Å². The molecule has 134 valence electrons. The van der Waals surface area contributed by atoms with E-state index in [1.54, 1.807) is 24.3 Å². The molecule has 1 aromatic rings. The molecule has 1 aromatic carbocycles. The molecule has 0 aromatic heterocycles. The van der Waals surface area contributed by atoms with Crippen molar-refractivity contribution in [3.8, 4) is 0 Å². The van der Waals surface area contributed by atoms with E-state index in [1.165, 1.54) is 0 Å². The molecule has 0 saturated heterocycles. The van der Waals surface area contributed by atoms with Crippen LogP contribution in [0, 0.1) is 0 Å². The van der Waals surface area contributed by atoms with E-state index in [-0.39, 0.29) is 10.6 Å². The molecule has 1 unspecified atom stereocenters. The van der Waals surface area contributed by atoms with E-state index >= 15 is 0 Å². The Morgan fingerprint density at radius 3 is 2.17 bits per heavy atom. The molecule has 1 rings (SSSR count). The molecule has 0 amide bonds. The van der Waals surface area contributed by atoms with Crippen LogP contribution in [0.1, 0.15) is 38.0 Å². The Morgan fingerprint density at radius 2 is 1.75 bits per heavy atom. The predicted molar refractivity (Wildman–Crippen MR) is 92.3 cm³/mol. The molecule has 0 aliphatic carbocycles. The third-order valence-corrected chi connectivity index (χ3v) is 8.90. The minimum Gasteiger partial charge on any atom is -0.413 e. The van der Waals surface area contributed by atoms with Gasteiger partial charge in [0.1, 0.15) is 0 Å². The minimum absolute atomic E-state index is 0.103. The van der Waals surface area contributed by atoms with Gasteiger partial charge in [-0.15, -0.1) is 0 Å². The monoisotopic (exact) mass is 357 g/mol. The number of azide groups is 1. The number of hydrogen-bond acceptors (Lipinski definition) is 3. The molecule has 0 heterocycles. The van der Waals surface area contributed by atoms with Crippen LogP contribution in [0.4, 0.5) is 8.78 Å². The first-order valence-corrected chi connectivity index (χ1v) is 10.5. The van der Waals surface area contributed by atoms with E-state index in [0.29, 0.717) is 6.61 Å². The lowest BCUT2D eigenvalue weighted by molar-refractivity contribution is -0.121. The zero-order valence-electron chi connectivity index (χ0n) is 15.0. The maximum Gasteiger partial charge on any atom is 0.355 e. The van der Waals surface area contributed by atoms with Gasteiger partial charge in [-0.1, -0.05) is 45.0 Å². The summed E-state index contributed by atoms with van der Waals surface area (Å²) >= 11 is 0. The maximum absolute atomic E-state index is 13.7. The van der Waals surface area contributed by atoms with Gasteiger partial charge in [0.25, 0.3) is 0 Å². The molecule has 24 heavy (non-hydrogen) atoms. The summed E-state index contributed by atoms with van der Waals surface area (Å²) in [5.41, 5.74) is 9.39.